The first-order valence-corrected chi connectivity index (χ1v) is 13.9. The Bertz CT molecular complexity index is 1800. The predicted molar refractivity (Wildman–Crippen MR) is 164 cm³/mol. The first-order valence-electron chi connectivity index (χ1n) is 13.9. The Labute approximate surface area is 232 Å². The van der Waals surface area contributed by atoms with Crippen molar-refractivity contribution in [2.24, 2.45) is 0 Å². The van der Waals surface area contributed by atoms with Gasteiger partial charge in [0.05, 0.1) is 7.11 Å². The first kappa shape index (κ1) is 24.0. The second-order valence-corrected chi connectivity index (χ2v) is 12.3. The summed E-state index contributed by atoms with van der Waals surface area (Å²) < 4.78 is 5.56. The minimum atomic E-state index is -0.0865. The Balaban J connectivity index is 1.30. The van der Waals surface area contributed by atoms with Crippen LogP contribution in [-0.4, -0.2) is 7.11 Å². The second-order valence-electron chi connectivity index (χ2n) is 12.3. The van der Waals surface area contributed by atoms with Gasteiger partial charge in [-0.2, -0.15) is 0 Å². The highest BCUT2D eigenvalue weighted by atomic mass is 16.5. The third-order valence-electron chi connectivity index (χ3n) is 9.21. The van der Waals surface area contributed by atoms with E-state index in [1.165, 1.54) is 72.3 Å². The Hall–Kier alpha value is -4.10. The minimum absolute atomic E-state index is 0.00302. The van der Waals surface area contributed by atoms with Gasteiger partial charge >= 0.3 is 0 Å². The molecule has 2 aliphatic carbocycles. The van der Waals surface area contributed by atoms with Crippen LogP contribution in [0.1, 0.15) is 55.5 Å². The molecule has 39 heavy (non-hydrogen) atoms. The van der Waals surface area contributed by atoms with Crippen molar-refractivity contribution >= 4 is 0 Å². The molecule has 1 heteroatoms. The highest BCUT2D eigenvalue weighted by Gasteiger charge is 2.37. The summed E-state index contributed by atoms with van der Waals surface area (Å²) in [6.07, 6.45) is 0. The fraction of sp³-hybridized carbons (Fsp3) is 0.211. The summed E-state index contributed by atoms with van der Waals surface area (Å²) in [7, 11) is 1.74. The number of methoxy groups -OCH3 is 1. The molecular weight excluding hydrogens is 472 g/mol. The molecule has 2 aliphatic rings. The van der Waals surface area contributed by atoms with Crippen LogP contribution in [0.4, 0.5) is 0 Å². The summed E-state index contributed by atoms with van der Waals surface area (Å²) in [6.45, 7) is 11.6. The van der Waals surface area contributed by atoms with Crippen LogP contribution in [0.5, 0.6) is 5.75 Å². The predicted octanol–water partition coefficient (Wildman–Crippen LogP) is 9.95. The van der Waals surface area contributed by atoms with Gasteiger partial charge < -0.3 is 4.74 Å². The first-order chi connectivity index (χ1) is 18.7. The molecule has 0 bridgehead atoms. The maximum atomic E-state index is 5.56. The lowest BCUT2D eigenvalue weighted by atomic mass is 9.80. The lowest BCUT2D eigenvalue weighted by molar-refractivity contribution is 0.414. The molecule has 5 aromatic rings. The van der Waals surface area contributed by atoms with Crippen LogP contribution in [0.3, 0.4) is 0 Å². The fourth-order valence-electron chi connectivity index (χ4n) is 7.01. The van der Waals surface area contributed by atoms with Crippen LogP contribution in [0, 0.1) is 6.92 Å². The number of benzene rings is 5. The fourth-order valence-corrected chi connectivity index (χ4v) is 7.01. The van der Waals surface area contributed by atoms with E-state index in [4.69, 9.17) is 4.74 Å². The second kappa shape index (κ2) is 8.20. The van der Waals surface area contributed by atoms with E-state index in [0.717, 1.165) is 5.75 Å². The molecule has 192 valence electrons. The molecule has 0 spiro atoms. The van der Waals surface area contributed by atoms with Crippen LogP contribution >= 0.6 is 0 Å². The highest BCUT2D eigenvalue weighted by molar-refractivity contribution is 5.87. The largest absolute Gasteiger partial charge is 0.497 e. The lowest BCUT2D eigenvalue weighted by Crippen LogP contribution is -2.15. The maximum Gasteiger partial charge on any atom is 0.119 e. The zero-order valence-electron chi connectivity index (χ0n) is 23.6. The molecule has 0 radical (unpaired) electrons. The van der Waals surface area contributed by atoms with Gasteiger partial charge in [-0.25, -0.2) is 0 Å². The molecule has 0 saturated carbocycles. The summed E-state index contributed by atoms with van der Waals surface area (Å²) in [5.74, 6) is 0.901. The molecule has 1 nitrogen and oxygen atoms in total. The highest BCUT2D eigenvalue weighted by Crippen LogP contribution is 2.52. The summed E-state index contributed by atoms with van der Waals surface area (Å²) in [4.78, 5) is 0. The van der Waals surface area contributed by atoms with Gasteiger partial charge in [-0.15, -0.1) is 0 Å². The lowest BCUT2D eigenvalue weighted by Gasteiger charge is -2.23. The SMILES string of the molecule is COc1cc(C)cc(-c2ccc3c(c2)C(C)(C)c2cc(-c4ccc5c(c4)C(C)(C)c4ccccc4-5)ccc2-3)c1. The number of hydrogen-bond acceptors (Lipinski definition) is 1. The van der Waals surface area contributed by atoms with Gasteiger partial charge in [0.2, 0.25) is 0 Å². The number of hydrogen-bond donors (Lipinski definition) is 0. The zero-order valence-corrected chi connectivity index (χ0v) is 23.6. The molecule has 0 N–H and O–H groups in total. The van der Waals surface area contributed by atoms with Crippen LogP contribution in [0.15, 0.2) is 97.1 Å². The van der Waals surface area contributed by atoms with E-state index in [9.17, 15) is 0 Å². The van der Waals surface area contributed by atoms with Crippen LogP contribution in [-0.2, 0) is 10.8 Å². The van der Waals surface area contributed by atoms with E-state index in [0.29, 0.717) is 0 Å². The van der Waals surface area contributed by atoms with Gasteiger partial charge in [-0.05, 0) is 110 Å². The van der Waals surface area contributed by atoms with Gasteiger partial charge in [-0.3, -0.25) is 0 Å². The van der Waals surface area contributed by atoms with E-state index < -0.39 is 0 Å². The molecular formula is C38H34O. The molecule has 0 unspecified atom stereocenters. The third-order valence-corrected chi connectivity index (χ3v) is 9.21. The van der Waals surface area contributed by atoms with Crippen molar-refractivity contribution in [1.82, 2.24) is 0 Å². The van der Waals surface area contributed by atoms with E-state index in [1.54, 1.807) is 7.11 Å². The van der Waals surface area contributed by atoms with E-state index in [1.807, 2.05) is 0 Å². The molecule has 0 fully saturated rings. The van der Waals surface area contributed by atoms with Gasteiger partial charge in [0.25, 0.3) is 0 Å². The summed E-state index contributed by atoms with van der Waals surface area (Å²) in [6, 6.07) is 36.4. The number of aryl methyl sites for hydroxylation is 1. The van der Waals surface area contributed by atoms with Crippen LogP contribution in [0.25, 0.3) is 44.5 Å². The molecule has 7 rings (SSSR count). The zero-order chi connectivity index (χ0) is 27.1. The van der Waals surface area contributed by atoms with Gasteiger partial charge in [0.1, 0.15) is 5.75 Å². The molecule has 5 aromatic carbocycles. The Morgan fingerprint density at radius 1 is 0.462 bits per heavy atom. The van der Waals surface area contributed by atoms with Crippen molar-refractivity contribution in [2.75, 3.05) is 7.11 Å². The van der Waals surface area contributed by atoms with Crippen LogP contribution in [0.2, 0.25) is 0 Å². The summed E-state index contributed by atoms with van der Waals surface area (Å²) >= 11 is 0. The minimum Gasteiger partial charge on any atom is -0.497 e. The van der Waals surface area contributed by atoms with E-state index >= 15 is 0 Å². The van der Waals surface area contributed by atoms with E-state index in [-0.39, 0.29) is 10.8 Å². The standard InChI is InChI=1S/C38H34O/c1-23-17-27(19-28(18-23)39-6)26-13-16-32-31-15-12-25(21-35(31)38(4,5)36(32)22-26)24-11-14-30-29-9-7-8-10-33(29)37(2,3)34(30)20-24/h7-22H,1-6H3. The average Bonchev–Trinajstić information content (AvgIpc) is 3.31. The molecule has 0 aromatic heterocycles. The molecule has 0 aliphatic heterocycles. The number of fused-ring (bicyclic) bond motifs is 6. The summed E-state index contributed by atoms with van der Waals surface area (Å²) in [5, 5.41) is 0. The van der Waals surface area contributed by atoms with Crippen molar-refractivity contribution in [3.8, 4) is 50.3 Å². The smallest absolute Gasteiger partial charge is 0.119 e. The average molecular weight is 507 g/mol. The maximum absolute atomic E-state index is 5.56. The molecule has 0 saturated heterocycles. The third kappa shape index (κ3) is 3.46. The Kier molecular flexibility index (Phi) is 5.04. The van der Waals surface area contributed by atoms with Gasteiger partial charge in [0.15, 0.2) is 0 Å². The molecule has 0 amide bonds. The van der Waals surface area contributed by atoms with Crippen LogP contribution < -0.4 is 4.74 Å². The molecule has 0 heterocycles. The Morgan fingerprint density at radius 2 is 0.923 bits per heavy atom. The summed E-state index contributed by atoms with van der Waals surface area (Å²) in [5.41, 5.74) is 17.2. The van der Waals surface area contributed by atoms with Gasteiger partial charge in [0, 0.05) is 10.8 Å². The van der Waals surface area contributed by atoms with Crippen molar-refractivity contribution in [3.63, 3.8) is 0 Å². The van der Waals surface area contributed by atoms with Gasteiger partial charge in [-0.1, -0.05) is 94.4 Å². The van der Waals surface area contributed by atoms with Crippen molar-refractivity contribution in [2.45, 2.75) is 45.4 Å². The Morgan fingerprint density at radius 3 is 1.46 bits per heavy atom. The number of rotatable bonds is 3. The number of ether oxygens (including phenoxy) is 1. The topological polar surface area (TPSA) is 9.23 Å². The van der Waals surface area contributed by atoms with Crippen molar-refractivity contribution < 1.29 is 4.74 Å². The van der Waals surface area contributed by atoms with Crippen molar-refractivity contribution in [3.05, 3.63) is 125 Å². The quantitative estimate of drug-likeness (QED) is 0.237. The van der Waals surface area contributed by atoms with E-state index in [2.05, 4.69) is 132 Å². The molecule has 0 atom stereocenters. The normalized spacial score (nSPS) is 15.3. The van der Waals surface area contributed by atoms with Crippen molar-refractivity contribution in [1.29, 1.82) is 0 Å². The monoisotopic (exact) mass is 506 g/mol.